The van der Waals surface area contributed by atoms with Gasteiger partial charge in [-0.1, -0.05) is 13.8 Å². The van der Waals surface area contributed by atoms with E-state index >= 15 is 0 Å². The molecule has 0 bridgehead atoms. The predicted octanol–water partition coefficient (Wildman–Crippen LogP) is 4.05. The van der Waals surface area contributed by atoms with Gasteiger partial charge in [0.25, 0.3) is 11.8 Å². The third kappa shape index (κ3) is 4.23. The second kappa shape index (κ2) is 9.70. The van der Waals surface area contributed by atoms with Gasteiger partial charge < -0.3 is 14.6 Å². The summed E-state index contributed by atoms with van der Waals surface area (Å²) >= 11 is 0. The van der Waals surface area contributed by atoms with Crippen LogP contribution >= 0.6 is 0 Å². The summed E-state index contributed by atoms with van der Waals surface area (Å²) in [6.45, 7) is 9.55. The summed E-state index contributed by atoms with van der Waals surface area (Å²) < 4.78 is 5.39. The molecule has 4 heterocycles. The Hall–Kier alpha value is -3.26. The molecule has 8 heteroatoms. The summed E-state index contributed by atoms with van der Waals surface area (Å²) in [5, 5.41) is 0. The molecule has 2 aromatic heterocycles. The highest BCUT2D eigenvalue weighted by Gasteiger charge is 2.36. The van der Waals surface area contributed by atoms with E-state index in [9.17, 15) is 9.59 Å². The Labute approximate surface area is 194 Å². The minimum Gasteiger partial charge on any atom is -0.480 e. The zero-order valence-corrected chi connectivity index (χ0v) is 19.8. The van der Waals surface area contributed by atoms with Crippen LogP contribution in [0.15, 0.2) is 24.4 Å². The van der Waals surface area contributed by atoms with E-state index in [0.717, 1.165) is 37.2 Å². The molecule has 3 aromatic rings. The Bertz CT molecular complexity index is 1130. The highest BCUT2D eigenvalue weighted by atomic mass is 16.5. The second-order valence-corrected chi connectivity index (χ2v) is 8.18. The van der Waals surface area contributed by atoms with Crippen molar-refractivity contribution in [1.29, 1.82) is 0 Å². The number of rotatable bonds is 6. The minimum atomic E-state index is -0.233. The number of carbonyl (C=O) groups is 2. The largest absolute Gasteiger partial charge is 0.480 e. The fourth-order valence-corrected chi connectivity index (χ4v) is 4.55. The van der Waals surface area contributed by atoms with Gasteiger partial charge in [0.2, 0.25) is 5.88 Å². The van der Waals surface area contributed by atoms with E-state index in [1.165, 1.54) is 17.7 Å². The summed E-state index contributed by atoms with van der Waals surface area (Å²) in [4.78, 5) is 41.8. The smallest absolute Gasteiger partial charge is 0.261 e. The molecule has 1 fully saturated rings. The number of imide groups is 1. The van der Waals surface area contributed by atoms with Crippen molar-refractivity contribution in [3.8, 4) is 17.3 Å². The summed E-state index contributed by atoms with van der Waals surface area (Å²) in [6.07, 6.45) is 4.95. The van der Waals surface area contributed by atoms with Gasteiger partial charge in [-0.3, -0.25) is 14.5 Å². The van der Waals surface area contributed by atoms with Gasteiger partial charge in [0.05, 0.1) is 34.8 Å². The van der Waals surface area contributed by atoms with E-state index in [-0.39, 0.29) is 11.8 Å². The van der Waals surface area contributed by atoms with Crippen LogP contribution in [-0.2, 0) is 0 Å². The number of carbonyl (C=O) groups excluding carboxylic acids is 2. The zero-order valence-electron chi connectivity index (χ0n) is 19.8. The Balaban J connectivity index is 0.00000126. The number of fused-ring (bicyclic) bond motifs is 2. The molecule has 8 nitrogen and oxygen atoms in total. The molecule has 0 unspecified atom stereocenters. The van der Waals surface area contributed by atoms with Gasteiger partial charge in [0.1, 0.15) is 5.82 Å². The van der Waals surface area contributed by atoms with Gasteiger partial charge in [-0.2, -0.15) is 0 Å². The maximum atomic E-state index is 12.9. The maximum Gasteiger partial charge on any atom is 0.261 e. The highest BCUT2D eigenvalue weighted by Crippen LogP contribution is 2.33. The first-order valence-electron chi connectivity index (χ1n) is 11.7. The molecule has 2 aliphatic heterocycles. The molecular weight excluding hydrogens is 418 g/mol. The zero-order chi connectivity index (χ0) is 23.5. The Kier molecular flexibility index (Phi) is 6.74. The van der Waals surface area contributed by atoms with E-state index in [2.05, 4.69) is 19.9 Å². The Morgan fingerprint density at radius 2 is 1.76 bits per heavy atom. The van der Waals surface area contributed by atoms with Crippen LogP contribution in [0.4, 0.5) is 0 Å². The number of imidazole rings is 1. The van der Waals surface area contributed by atoms with Gasteiger partial charge in [0, 0.05) is 12.7 Å². The molecule has 0 saturated carbocycles. The molecule has 0 aliphatic carbocycles. The summed E-state index contributed by atoms with van der Waals surface area (Å²) in [7, 11) is 1.57. The molecule has 5 rings (SSSR count). The number of aromatic amines is 1. The van der Waals surface area contributed by atoms with Crippen LogP contribution in [0.3, 0.4) is 0 Å². The first-order chi connectivity index (χ1) is 16.1. The maximum absolute atomic E-state index is 12.9. The third-order valence-corrected chi connectivity index (χ3v) is 6.18. The van der Waals surface area contributed by atoms with Crippen LogP contribution in [0, 0.1) is 6.92 Å². The van der Waals surface area contributed by atoms with Crippen LogP contribution in [-0.4, -0.2) is 69.9 Å². The SMILES string of the molecule is CC.COc1nccc(C)c1-c1nc2cc3c(cc2[nH]1)C(=O)N(CCCN1CCCC1)C3=O. The first kappa shape index (κ1) is 22.9. The molecule has 0 radical (unpaired) electrons. The van der Waals surface area contributed by atoms with Crippen molar-refractivity contribution >= 4 is 22.8 Å². The van der Waals surface area contributed by atoms with E-state index in [1.54, 1.807) is 25.4 Å². The lowest BCUT2D eigenvalue weighted by Crippen LogP contribution is -2.33. The predicted molar refractivity (Wildman–Crippen MR) is 128 cm³/mol. The third-order valence-electron chi connectivity index (χ3n) is 6.18. The van der Waals surface area contributed by atoms with Crippen LogP contribution < -0.4 is 4.74 Å². The number of amides is 2. The number of hydrogen-bond acceptors (Lipinski definition) is 6. The van der Waals surface area contributed by atoms with Crippen molar-refractivity contribution < 1.29 is 14.3 Å². The van der Waals surface area contributed by atoms with E-state index in [1.807, 2.05) is 26.8 Å². The number of benzene rings is 1. The van der Waals surface area contributed by atoms with E-state index < -0.39 is 0 Å². The molecule has 174 valence electrons. The number of aryl methyl sites for hydroxylation is 1. The van der Waals surface area contributed by atoms with Crippen molar-refractivity contribution in [1.82, 2.24) is 24.8 Å². The van der Waals surface area contributed by atoms with E-state index in [0.29, 0.717) is 40.4 Å². The molecule has 2 amide bonds. The van der Waals surface area contributed by atoms with Crippen molar-refractivity contribution in [2.24, 2.45) is 0 Å². The normalized spacial score (nSPS) is 15.7. The van der Waals surface area contributed by atoms with Gasteiger partial charge in [-0.25, -0.2) is 9.97 Å². The van der Waals surface area contributed by atoms with Gasteiger partial charge in [0.15, 0.2) is 0 Å². The summed E-state index contributed by atoms with van der Waals surface area (Å²) in [6, 6.07) is 5.34. The summed E-state index contributed by atoms with van der Waals surface area (Å²) in [5.41, 5.74) is 3.94. The van der Waals surface area contributed by atoms with Crippen molar-refractivity contribution in [2.45, 2.75) is 40.0 Å². The molecule has 1 saturated heterocycles. The fraction of sp³-hybridized carbons (Fsp3) is 0.440. The highest BCUT2D eigenvalue weighted by molar-refractivity contribution is 6.22. The topological polar surface area (TPSA) is 91.4 Å². The van der Waals surface area contributed by atoms with Crippen LogP contribution in [0.2, 0.25) is 0 Å². The summed E-state index contributed by atoms with van der Waals surface area (Å²) in [5.74, 6) is 0.615. The number of aromatic nitrogens is 3. The lowest BCUT2D eigenvalue weighted by Gasteiger charge is -2.17. The monoisotopic (exact) mass is 449 g/mol. The first-order valence-corrected chi connectivity index (χ1v) is 11.7. The number of pyridine rings is 1. The van der Waals surface area contributed by atoms with Gasteiger partial charge in [-0.05, 0) is 69.6 Å². The molecule has 1 aromatic carbocycles. The average molecular weight is 450 g/mol. The molecule has 0 atom stereocenters. The average Bonchev–Trinajstić information content (AvgIpc) is 3.54. The minimum absolute atomic E-state index is 0.227. The Morgan fingerprint density at radius 3 is 2.45 bits per heavy atom. The molecular formula is C25H31N5O3. The molecule has 33 heavy (non-hydrogen) atoms. The number of nitrogens with zero attached hydrogens (tertiary/aromatic N) is 4. The molecule has 2 aliphatic rings. The van der Waals surface area contributed by atoms with Crippen LogP contribution in [0.1, 0.15) is 59.4 Å². The van der Waals surface area contributed by atoms with Gasteiger partial charge >= 0.3 is 0 Å². The van der Waals surface area contributed by atoms with E-state index in [4.69, 9.17) is 4.74 Å². The van der Waals surface area contributed by atoms with Crippen LogP contribution in [0.25, 0.3) is 22.4 Å². The fourth-order valence-electron chi connectivity index (χ4n) is 4.55. The quantitative estimate of drug-likeness (QED) is 0.571. The van der Waals surface area contributed by atoms with Crippen molar-refractivity contribution in [3.63, 3.8) is 0 Å². The Morgan fingerprint density at radius 1 is 1.06 bits per heavy atom. The number of ether oxygens (including phenoxy) is 1. The number of H-pyrrole nitrogens is 1. The molecule has 0 spiro atoms. The number of nitrogens with one attached hydrogen (secondary N) is 1. The number of hydrogen-bond donors (Lipinski definition) is 1. The van der Waals surface area contributed by atoms with Crippen molar-refractivity contribution in [2.75, 3.05) is 33.3 Å². The number of methoxy groups -OCH3 is 1. The van der Waals surface area contributed by atoms with Crippen LogP contribution in [0.5, 0.6) is 5.88 Å². The standard InChI is InChI=1S/C23H25N5O3.C2H6/c1-14-6-7-24-21(31-2)19(14)20-25-17-12-15-16(13-18(17)26-20)23(30)28(22(15)29)11-5-10-27-8-3-4-9-27;1-2/h6-7,12-13H,3-5,8-11H2,1-2H3,(H,25,26);1-2H3. The molecule has 1 N–H and O–H groups in total. The lowest BCUT2D eigenvalue weighted by atomic mass is 10.1. The lowest BCUT2D eigenvalue weighted by molar-refractivity contribution is 0.0648. The second-order valence-electron chi connectivity index (χ2n) is 8.18. The number of likely N-dealkylation sites (tertiary alicyclic amines) is 1. The van der Waals surface area contributed by atoms with Crippen molar-refractivity contribution in [3.05, 3.63) is 41.1 Å². The van der Waals surface area contributed by atoms with Gasteiger partial charge in [-0.15, -0.1) is 0 Å².